The summed E-state index contributed by atoms with van der Waals surface area (Å²) < 4.78 is 0. The maximum absolute atomic E-state index is 2.34. The molecule has 0 bridgehead atoms. The van der Waals surface area contributed by atoms with E-state index in [0.717, 1.165) is 6.42 Å². The van der Waals surface area contributed by atoms with Crippen molar-refractivity contribution in [1.29, 1.82) is 0 Å². The largest absolute Gasteiger partial charge is 0.0620 e. The van der Waals surface area contributed by atoms with Crippen LogP contribution in [-0.4, -0.2) is 0 Å². The van der Waals surface area contributed by atoms with Crippen LogP contribution < -0.4 is 0 Å². The van der Waals surface area contributed by atoms with Gasteiger partial charge in [0.2, 0.25) is 0 Å². The van der Waals surface area contributed by atoms with Gasteiger partial charge in [0.15, 0.2) is 0 Å². The number of aryl methyl sites for hydroxylation is 3. The predicted octanol–water partition coefficient (Wildman–Crippen LogP) is 6.12. The van der Waals surface area contributed by atoms with Crippen LogP contribution in [0.25, 0.3) is 5.57 Å². The highest BCUT2D eigenvalue weighted by atomic mass is 14.4. The molecule has 2 aliphatic carbocycles. The molecule has 25 heavy (non-hydrogen) atoms. The van der Waals surface area contributed by atoms with Crippen LogP contribution in [0.4, 0.5) is 0 Å². The first-order valence-corrected chi connectivity index (χ1v) is 9.14. The van der Waals surface area contributed by atoms with Gasteiger partial charge < -0.3 is 0 Å². The van der Waals surface area contributed by atoms with Gasteiger partial charge in [-0.15, -0.1) is 0 Å². The van der Waals surface area contributed by atoms with Crippen LogP contribution in [0.3, 0.4) is 0 Å². The predicted molar refractivity (Wildman–Crippen MR) is 105 cm³/mol. The summed E-state index contributed by atoms with van der Waals surface area (Å²) >= 11 is 0. The maximum atomic E-state index is 2.34. The minimum Gasteiger partial charge on any atom is -0.0620 e. The summed E-state index contributed by atoms with van der Waals surface area (Å²) in [5.41, 5.74) is 14.7. The van der Waals surface area contributed by atoms with Crippen molar-refractivity contribution in [2.24, 2.45) is 0 Å². The zero-order valence-electron chi connectivity index (χ0n) is 15.1. The number of fused-ring (bicyclic) bond motifs is 4. The lowest BCUT2D eigenvalue weighted by atomic mass is 9.83. The van der Waals surface area contributed by atoms with Crippen molar-refractivity contribution in [3.8, 4) is 0 Å². The molecule has 0 saturated carbocycles. The lowest BCUT2D eigenvalue weighted by Gasteiger charge is -2.20. The van der Waals surface area contributed by atoms with Crippen LogP contribution in [-0.2, 0) is 6.42 Å². The Hall–Kier alpha value is -2.60. The third kappa shape index (κ3) is 1.94. The van der Waals surface area contributed by atoms with E-state index in [2.05, 4.69) is 81.4 Å². The lowest BCUT2D eigenvalue weighted by Crippen LogP contribution is -2.06. The van der Waals surface area contributed by atoms with Gasteiger partial charge in [-0.25, -0.2) is 0 Å². The summed E-state index contributed by atoms with van der Waals surface area (Å²) in [5, 5.41) is 0. The van der Waals surface area contributed by atoms with Crippen molar-refractivity contribution in [3.63, 3.8) is 0 Å². The molecule has 0 N–H and O–H groups in total. The van der Waals surface area contributed by atoms with Gasteiger partial charge in [-0.3, -0.25) is 0 Å². The van der Waals surface area contributed by atoms with E-state index in [9.17, 15) is 0 Å². The second kappa shape index (κ2) is 5.20. The van der Waals surface area contributed by atoms with Gasteiger partial charge in [-0.2, -0.15) is 0 Å². The Morgan fingerprint density at radius 1 is 0.680 bits per heavy atom. The first-order valence-electron chi connectivity index (χ1n) is 9.14. The van der Waals surface area contributed by atoms with E-state index in [1.165, 1.54) is 50.1 Å². The third-order valence-corrected chi connectivity index (χ3v) is 6.08. The van der Waals surface area contributed by atoms with Crippen LogP contribution in [0.1, 0.15) is 50.4 Å². The van der Waals surface area contributed by atoms with E-state index < -0.39 is 0 Å². The van der Waals surface area contributed by atoms with E-state index in [4.69, 9.17) is 0 Å². The minimum atomic E-state index is 0.401. The first kappa shape index (κ1) is 14.7. The number of hydrogen-bond acceptors (Lipinski definition) is 0. The normalized spacial score (nSPS) is 17.5. The van der Waals surface area contributed by atoms with Gasteiger partial charge in [-0.05, 0) is 82.8 Å². The first-order chi connectivity index (χ1) is 12.2. The van der Waals surface area contributed by atoms with Crippen molar-refractivity contribution in [2.75, 3.05) is 0 Å². The molecule has 0 heterocycles. The van der Waals surface area contributed by atoms with Gasteiger partial charge in [-0.1, -0.05) is 60.7 Å². The van der Waals surface area contributed by atoms with Crippen molar-refractivity contribution < 1.29 is 0 Å². The quantitative estimate of drug-likeness (QED) is 0.506. The molecule has 5 rings (SSSR count). The summed E-state index contributed by atoms with van der Waals surface area (Å²) in [6, 6.07) is 22.5. The SMILES string of the molecule is Cc1ccccc1C1C2=C(c3cccc(C)c3C2)c2c(C)cccc21. The monoisotopic (exact) mass is 322 g/mol. The molecule has 0 aliphatic heterocycles. The molecule has 0 aromatic heterocycles. The fraction of sp³-hybridized carbons (Fsp3) is 0.200. The maximum Gasteiger partial charge on any atom is 0.0320 e. The van der Waals surface area contributed by atoms with Crippen LogP contribution in [0, 0.1) is 20.8 Å². The standard InChI is InChI=1S/C25H22/c1-15-8-4-5-11-18(15)24-20-13-7-10-17(3)23(20)25-19-12-6-9-16(2)21(19)14-22(24)25/h4-13,24H,14H2,1-3H3. The van der Waals surface area contributed by atoms with E-state index >= 15 is 0 Å². The molecule has 0 saturated heterocycles. The number of benzene rings is 3. The molecule has 0 heteroatoms. The summed E-state index contributed by atoms with van der Waals surface area (Å²) in [5.74, 6) is 0.401. The second-order valence-corrected chi connectivity index (χ2v) is 7.51. The summed E-state index contributed by atoms with van der Waals surface area (Å²) in [7, 11) is 0. The molecule has 122 valence electrons. The Bertz CT molecular complexity index is 1050. The highest BCUT2D eigenvalue weighted by Crippen LogP contribution is 2.55. The smallest absolute Gasteiger partial charge is 0.0320 e. The van der Waals surface area contributed by atoms with Gasteiger partial charge in [0, 0.05) is 5.92 Å². The average Bonchev–Trinajstić information content (AvgIpc) is 3.12. The molecule has 0 amide bonds. The molecule has 3 aromatic carbocycles. The average molecular weight is 322 g/mol. The molecule has 0 nitrogen and oxygen atoms in total. The van der Waals surface area contributed by atoms with Crippen LogP contribution >= 0.6 is 0 Å². The van der Waals surface area contributed by atoms with Crippen LogP contribution in [0.5, 0.6) is 0 Å². The number of hydrogen-bond donors (Lipinski definition) is 0. The fourth-order valence-electron chi connectivity index (χ4n) is 4.89. The van der Waals surface area contributed by atoms with E-state index in [0.29, 0.717) is 5.92 Å². The van der Waals surface area contributed by atoms with E-state index in [-0.39, 0.29) is 0 Å². The molecule has 0 fully saturated rings. The van der Waals surface area contributed by atoms with E-state index in [1.807, 2.05) is 0 Å². The van der Waals surface area contributed by atoms with Crippen molar-refractivity contribution >= 4 is 5.57 Å². The molecular formula is C25H22. The Labute approximate surface area is 149 Å². The van der Waals surface area contributed by atoms with Crippen LogP contribution in [0.15, 0.2) is 66.2 Å². The Balaban J connectivity index is 1.83. The molecule has 3 aromatic rings. The molecule has 2 aliphatic rings. The van der Waals surface area contributed by atoms with Crippen molar-refractivity contribution in [1.82, 2.24) is 0 Å². The van der Waals surface area contributed by atoms with Crippen molar-refractivity contribution in [2.45, 2.75) is 33.1 Å². The molecule has 0 spiro atoms. The van der Waals surface area contributed by atoms with Crippen LogP contribution in [0.2, 0.25) is 0 Å². The minimum absolute atomic E-state index is 0.401. The lowest BCUT2D eigenvalue weighted by molar-refractivity contribution is 0.916. The van der Waals surface area contributed by atoms with Gasteiger partial charge in [0.05, 0.1) is 0 Å². The van der Waals surface area contributed by atoms with E-state index in [1.54, 1.807) is 5.57 Å². The Morgan fingerprint density at radius 3 is 2.20 bits per heavy atom. The molecular weight excluding hydrogens is 300 g/mol. The summed E-state index contributed by atoms with van der Waals surface area (Å²) in [6.45, 7) is 6.76. The summed E-state index contributed by atoms with van der Waals surface area (Å²) in [4.78, 5) is 0. The zero-order valence-corrected chi connectivity index (χ0v) is 15.1. The molecule has 1 unspecified atom stereocenters. The number of rotatable bonds is 1. The second-order valence-electron chi connectivity index (χ2n) is 7.51. The van der Waals surface area contributed by atoms with Crippen molar-refractivity contribution in [3.05, 3.63) is 111 Å². The zero-order chi connectivity index (χ0) is 17.1. The fourth-order valence-corrected chi connectivity index (χ4v) is 4.89. The van der Waals surface area contributed by atoms with Gasteiger partial charge >= 0.3 is 0 Å². The highest BCUT2D eigenvalue weighted by Gasteiger charge is 2.38. The topological polar surface area (TPSA) is 0 Å². The Morgan fingerprint density at radius 2 is 1.36 bits per heavy atom. The van der Waals surface area contributed by atoms with Gasteiger partial charge in [0.25, 0.3) is 0 Å². The molecule has 1 atom stereocenters. The third-order valence-electron chi connectivity index (χ3n) is 6.08. The summed E-state index contributed by atoms with van der Waals surface area (Å²) in [6.07, 6.45) is 1.09. The number of allylic oxidation sites excluding steroid dienone is 1. The Kier molecular flexibility index (Phi) is 3.06. The highest BCUT2D eigenvalue weighted by molar-refractivity contribution is 5.95. The molecule has 0 radical (unpaired) electrons. The van der Waals surface area contributed by atoms with Gasteiger partial charge in [0.1, 0.15) is 0 Å².